The molecule has 0 aliphatic heterocycles. The molecule has 0 amide bonds. The molecule has 0 fully saturated rings. The normalized spacial score (nSPS) is 22.5. The van der Waals surface area contributed by atoms with Gasteiger partial charge in [-0.2, -0.15) is 5.26 Å². The molecule has 90 valence electrons. The minimum absolute atomic E-state index is 0.433. The molecule has 1 aliphatic rings. The maximum absolute atomic E-state index is 9.43. The molecule has 0 aromatic heterocycles. The van der Waals surface area contributed by atoms with Gasteiger partial charge in [0.25, 0.3) is 0 Å². The summed E-state index contributed by atoms with van der Waals surface area (Å²) in [5.41, 5.74) is 2.01. The van der Waals surface area contributed by atoms with E-state index < -0.39 is 5.54 Å². The predicted molar refractivity (Wildman–Crippen MR) is 70.0 cm³/mol. The highest BCUT2D eigenvalue weighted by atomic mass is 35.5. The Morgan fingerprint density at radius 1 is 1.41 bits per heavy atom. The third kappa shape index (κ3) is 2.62. The topological polar surface area (TPSA) is 35.8 Å². The van der Waals surface area contributed by atoms with E-state index in [9.17, 15) is 5.26 Å². The summed E-state index contributed by atoms with van der Waals surface area (Å²) in [6.45, 7) is 5.17. The first kappa shape index (κ1) is 12.4. The van der Waals surface area contributed by atoms with Crippen molar-refractivity contribution in [3.05, 3.63) is 34.3 Å². The van der Waals surface area contributed by atoms with Gasteiger partial charge in [-0.1, -0.05) is 31.5 Å². The summed E-state index contributed by atoms with van der Waals surface area (Å²) in [5, 5.41) is 13.6. The van der Waals surface area contributed by atoms with Gasteiger partial charge in [0, 0.05) is 17.9 Å². The summed E-state index contributed by atoms with van der Waals surface area (Å²) in [6.07, 6.45) is 1.54. The predicted octanol–water partition coefficient (Wildman–Crippen LogP) is 2.95. The highest BCUT2D eigenvalue weighted by molar-refractivity contribution is 6.30. The SMILES string of the molecule is CC(C)CNC1(C#N)Cc2ccc(Cl)cc2C1. The number of hydrogen-bond donors (Lipinski definition) is 1. The third-order valence-corrected chi connectivity index (χ3v) is 3.45. The Morgan fingerprint density at radius 2 is 2.12 bits per heavy atom. The number of halogens is 1. The zero-order chi connectivity index (χ0) is 12.5. The maximum Gasteiger partial charge on any atom is 0.114 e. The fraction of sp³-hybridized carbons (Fsp3) is 0.500. The second-order valence-electron chi connectivity index (χ2n) is 5.24. The Kier molecular flexibility index (Phi) is 3.42. The highest BCUT2D eigenvalue weighted by Crippen LogP contribution is 2.31. The molecule has 1 N–H and O–H groups in total. The lowest BCUT2D eigenvalue weighted by molar-refractivity contribution is 0.398. The highest BCUT2D eigenvalue weighted by Gasteiger charge is 2.37. The minimum atomic E-state index is -0.433. The lowest BCUT2D eigenvalue weighted by Crippen LogP contribution is -2.46. The number of benzene rings is 1. The smallest absolute Gasteiger partial charge is 0.114 e. The molecule has 1 atom stereocenters. The molecule has 2 rings (SSSR count). The minimum Gasteiger partial charge on any atom is -0.299 e. The second kappa shape index (κ2) is 4.68. The van der Waals surface area contributed by atoms with Gasteiger partial charge in [-0.15, -0.1) is 0 Å². The van der Waals surface area contributed by atoms with E-state index in [1.165, 1.54) is 11.1 Å². The Labute approximate surface area is 108 Å². The van der Waals surface area contributed by atoms with E-state index in [1.807, 2.05) is 18.2 Å². The van der Waals surface area contributed by atoms with Gasteiger partial charge in [0.15, 0.2) is 0 Å². The van der Waals surface area contributed by atoms with Crippen LogP contribution in [0.5, 0.6) is 0 Å². The molecule has 0 saturated heterocycles. The zero-order valence-corrected chi connectivity index (χ0v) is 11.0. The molecule has 1 aliphatic carbocycles. The molecule has 3 heteroatoms. The summed E-state index contributed by atoms with van der Waals surface area (Å²) >= 11 is 5.98. The number of nitrogens with one attached hydrogen (secondary N) is 1. The summed E-state index contributed by atoms with van der Waals surface area (Å²) in [4.78, 5) is 0. The molecule has 0 radical (unpaired) electrons. The average Bonchev–Trinajstić information content (AvgIpc) is 2.65. The summed E-state index contributed by atoms with van der Waals surface area (Å²) in [6, 6.07) is 8.36. The van der Waals surface area contributed by atoms with Crippen LogP contribution in [0.1, 0.15) is 25.0 Å². The van der Waals surface area contributed by atoms with Gasteiger partial charge in [-0.05, 0) is 35.7 Å². The fourth-order valence-electron chi connectivity index (χ4n) is 2.29. The van der Waals surface area contributed by atoms with E-state index in [0.29, 0.717) is 5.92 Å². The van der Waals surface area contributed by atoms with Crippen LogP contribution >= 0.6 is 11.6 Å². The van der Waals surface area contributed by atoms with Crippen LogP contribution in [0, 0.1) is 17.2 Å². The fourth-order valence-corrected chi connectivity index (χ4v) is 2.48. The molecule has 1 unspecified atom stereocenters. The Balaban J connectivity index is 2.18. The van der Waals surface area contributed by atoms with E-state index in [1.54, 1.807) is 0 Å². The van der Waals surface area contributed by atoms with E-state index in [0.717, 1.165) is 24.4 Å². The van der Waals surface area contributed by atoms with Crippen LogP contribution in [0.2, 0.25) is 5.02 Å². The van der Waals surface area contributed by atoms with Crippen LogP contribution < -0.4 is 5.32 Å². The second-order valence-corrected chi connectivity index (χ2v) is 5.67. The average molecular weight is 249 g/mol. The summed E-state index contributed by atoms with van der Waals surface area (Å²) in [7, 11) is 0. The molecule has 0 spiro atoms. The van der Waals surface area contributed by atoms with Crippen LogP contribution in [0.15, 0.2) is 18.2 Å². The number of nitrogens with zero attached hydrogens (tertiary/aromatic N) is 1. The van der Waals surface area contributed by atoms with Crippen LogP contribution in [-0.4, -0.2) is 12.1 Å². The van der Waals surface area contributed by atoms with Crippen molar-refractivity contribution < 1.29 is 0 Å². The monoisotopic (exact) mass is 248 g/mol. The summed E-state index contributed by atoms with van der Waals surface area (Å²) < 4.78 is 0. The molecule has 1 aromatic rings. The first-order chi connectivity index (χ1) is 8.04. The quantitative estimate of drug-likeness (QED) is 0.893. The Bertz CT molecular complexity index is 462. The van der Waals surface area contributed by atoms with Crippen molar-refractivity contribution >= 4 is 11.6 Å². The van der Waals surface area contributed by atoms with Crippen molar-refractivity contribution in [2.75, 3.05) is 6.54 Å². The van der Waals surface area contributed by atoms with Crippen molar-refractivity contribution in [1.82, 2.24) is 5.32 Å². The van der Waals surface area contributed by atoms with Gasteiger partial charge < -0.3 is 0 Å². The molecular weight excluding hydrogens is 232 g/mol. The number of fused-ring (bicyclic) bond motifs is 1. The van der Waals surface area contributed by atoms with Crippen LogP contribution in [0.3, 0.4) is 0 Å². The number of rotatable bonds is 3. The van der Waals surface area contributed by atoms with E-state index in [2.05, 4.69) is 25.2 Å². The first-order valence-electron chi connectivity index (χ1n) is 5.98. The van der Waals surface area contributed by atoms with Gasteiger partial charge in [-0.3, -0.25) is 5.32 Å². The maximum atomic E-state index is 9.43. The van der Waals surface area contributed by atoms with Crippen LogP contribution in [-0.2, 0) is 12.8 Å². The van der Waals surface area contributed by atoms with Gasteiger partial charge in [0.1, 0.15) is 5.54 Å². The van der Waals surface area contributed by atoms with E-state index in [-0.39, 0.29) is 0 Å². The van der Waals surface area contributed by atoms with Crippen molar-refractivity contribution in [3.63, 3.8) is 0 Å². The van der Waals surface area contributed by atoms with Gasteiger partial charge in [0.05, 0.1) is 6.07 Å². The van der Waals surface area contributed by atoms with E-state index in [4.69, 9.17) is 11.6 Å². The summed E-state index contributed by atoms with van der Waals surface area (Å²) in [5.74, 6) is 0.549. The van der Waals surface area contributed by atoms with Gasteiger partial charge >= 0.3 is 0 Å². The molecule has 1 aromatic carbocycles. The lowest BCUT2D eigenvalue weighted by atomic mass is 9.97. The molecule has 0 heterocycles. The third-order valence-electron chi connectivity index (χ3n) is 3.22. The Hall–Kier alpha value is -1.04. The van der Waals surface area contributed by atoms with Crippen molar-refractivity contribution in [2.24, 2.45) is 5.92 Å². The molecule has 0 bridgehead atoms. The number of nitriles is 1. The molecule has 2 nitrogen and oxygen atoms in total. The Morgan fingerprint density at radius 3 is 2.76 bits per heavy atom. The van der Waals surface area contributed by atoms with Crippen molar-refractivity contribution in [1.29, 1.82) is 5.26 Å². The lowest BCUT2D eigenvalue weighted by Gasteiger charge is -2.23. The van der Waals surface area contributed by atoms with Gasteiger partial charge in [-0.25, -0.2) is 0 Å². The molecular formula is C14H17ClN2. The molecule has 0 saturated carbocycles. The van der Waals surface area contributed by atoms with Crippen LogP contribution in [0.4, 0.5) is 0 Å². The van der Waals surface area contributed by atoms with Crippen molar-refractivity contribution in [2.45, 2.75) is 32.2 Å². The number of hydrogen-bond acceptors (Lipinski definition) is 2. The largest absolute Gasteiger partial charge is 0.299 e. The zero-order valence-electron chi connectivity index (χ0n) is 10.3. The molecule has 17 heavy (non-hydrogen) atoms. The first-order valence-corrected chi connectivity index (χ1v) is 6.36. The van der Waals surface area contributed by atoms with Gasteiger partial charge in [0.2, 0.25) is 0 Å². The van der Waals surface area contributed by atoms with Crippen LogP contribution in [0.25, 0.3) is 0 Å². The van der Waals surface area contributed by atoms with E-state index >= 15 is 0 Å². The standard InChI is InChI=1S/C14H17ClN2/c1-10(2)8-17-14(9-16)6-11-3-4-13(15)5-12(11)7-14/h3-5,10,17H,6-8H2,1-2H3. The van der Waals surface area contributed by atoms with Crippen molar-refractivity contribution in [3.8, 4) is 6.07 Å².